The number of amides is 1. The van der Waals surface area contributed by atoms with Gasteiger partial charge in [0.25, 0.3) is 5.91 Å². The minimum atomic E-state index is -0.0153. The number of likely N-dealkylation sites (tertiary alicyclic amines) is 1. The molecule has 1 saturated heterocycles. The van der Waals surface area contributed by atoms with Gasteiger partial charge in [0.15, 0.2) is 5.76 Å². The van der Waals surface area contributed by atoms with Crippen LogP contribution in [0.5, 0.6) is 0 Å². The van der Waals surface area contributed by atoms with E-state index in [0.717, 1.165) is 24.9 Å². The molecule has 1 aliphatic heterocycles. The zero-order chi connectivity index (χ0) is 14.3. The lowest BCUT2D eigenvalue weighted by Crippen LogP contribution is -2.42. The summed E-state index contributed by atoms with van der Waals surface area (Å²) < 4.78 is 5.65. The molecule has 0 bridgehead atoms. The average molecular weight is 272 g/mol. The number of fused-ring (bicyclic) bond motifs is 1. The van der Waals surface area contributed by atoms with E-state index in [1.807, 2.05) is 17.0 Å². The molecular weight excluding hydrogens is 252 g/mol. The Morgan fingerprint density at radius 2 is 2.10 bits per heavy atom. The highest BCUT2D eigenvalue weighted by molar-refractivity contribution is 5.96. The first kappa shape index (κ1) is 13.0. The summed E-state index contributed by atoms with van der Waals surface area (Å²) in [6.45, 7) is 6.06. The topological polar surface area (TPSA) is 59.5 Å². The molecule has 3 rings (SSSR count). The molecule has 0 spiro atoms. The van der Waals surface area contributed by atoms with Gasteiger partial charge in [-0.2, -0.15) is 0 Å². The molecule has 1 amide bonds. The van der Waals surface area contributed by atoms with Crippen molar-refractivity contribution < 1.29 is 9.21 Å². The molecule has 2 unspecified atom stereocenters. The Balaban J connectivity index is 1.85. The van der Waals surface area contributed by atoms with Crippen LogP contribution >= 0.6 is 0 Å². The van der Waals surface area contributed by atoms with Crippen LogP contribution in [0.15, 0.2) is 28.7 Å². The normalized spacial score (nSPS) is 23.2. The molecule has 0 radical (unpaired) electrons. The van der Waals surface area contributed by atoms with Crippen LogP contribution in [-0.2, 0) is 0 Å². The fourth-order valence-electron chi connectivity index (χ4n) is 2.77. The van der Waals surface area contributed by atoms with Gasteiger partial charge >= 0.3 is 0 Å². The summed E-state index contributed by atoms with van der Waals surface area (Å²) in [7, 11) is 0. The third-order valence-corrected chi connectivity index (χ3v) is 4.37. The number of carbonyl (C=O) groups excluding carboxylic acids is 1. The van der Waals surface area contributed by atoms with Gasteiger partial charge in [0.05, 0.1) is 0 Å². The average Bonchev–Trinajstić information content (AvgIpc) is 2.84. The van der Waals surface area contributed by atoms with Crippen LogP contribution in [0.2, 0.25) is 0 Å². The van der Waals surface area contributed by atoms with Gasteiger partial charge in [-0.05, 0) is 42.5 Å². The van der Waals surface area contributed by atoms with E-state index in [9.17, 15) is 4.79 Å². The maximum absolute atomic E-state index is 12.5. The Morgan fingerprint density at radius 1 is 1.30 bits per heavy atom. The van der Waals surface area contributed by atoms with Crippen LogP contribution in [0.25, 0.3) is 11.0 Å². The summed E-state index contributed by atoms with van der Waals surface area (Å²) in [5, 5.41) is 0.881. The van der Waals surface area contributed by atoms with Gasteiger partial charge in [0, 0.05) is 24.2 Å². The lowest BCUT2D eigenvalue weighted by Gasteiger charge is -2.34. The number of hydrogen-bond acceptors (Lipinski definition) is 3. The third-order valence-electron chi connectivity index (χ3n) is 4.37. The summed E-state index contributed by atoms with van der Waals surface area (Å²) in [5.74, 6) is 1.60. The van der Waals surface area contributed by atoms with Gasteiger partial charge in [-0.1, -0.05) is 13.8 Å². The second kappa shape index (κ2) is 4.85. The highest BCUT2D eigenvalue weighted by Gasteiger charge is 2.28. The molecule has 1 fully saturated rings. The van der Waals surface area contributed by atoms with E-state index < -0.39 is 0 Å². The molecule has 20 heavy (non-hydrogen) atoms. The molecule has 106 valence electrons. The lowest BCUT2D eigenvalue weighted by molar-refractivity contribution is 0.0598. The number of carbonyl (C=O) groups is 1. The van der Waals surface area contributed by atoms with Crippen LogP contribution < -0.4 is 5.73 Å². The van der Waals surface area contributed by atoms with Crippen LogP contribution in [0, 0.1) is 11.8 Å². The maximum Gasteiger partial charge on any atom is 0.289 e. The molecular formula is C16H20N2O2. The van der Waals surface area contributed by atoms with Crippen molar-refractivity contribution in [1.29, 1.82) is 0 Å². The summed E-state index contributed by atoms with van der Waals surface area (Å²) in [4.78, 5) is 14.4. The van der Waals surface area contributed by atoms with Crippen molar-refractivity contribution in [3.8, 4) is 0 Å². The standard InChI is InChI=1S/C16H20N2O2/c1-10-5-6-18(9-11(10)2)16(19)15-8-12-7-13(17)3-4-14(12)20-15/h3-4,7-8,10-11H,5-6,9,17H2,1-2H3. The summed E-state index contributed by atoms with van der Waals surface area (Å²) in [6.07, 6.45) is 1.06. The summed E-state index contributed by atoms with van der Waals surface area (Å²) >= 11 is 0. The summed E-state index contributed by atoms with van der Waals surface area (Å²) in [5.41, 5.74) is 7.14. The fourth-order valence-corrected chi connectivity index (χ4v) is 2.77. The molecule has 2 heterocycles. The van der Waals surface area contributed by atoms with Crippen molar-refractivity contribution in [2.75, 3.05) is 18.8 Å². The molecule has 4 heteroatoms. The molecule has 1 aliphatic rings. The quantitative estimate of drug-likeness (QED) is 0.811. The van der Waals surface area contributed by atoms with Crippen LogP contribution in [0.1, 0.15) is 30.8 Å². The molecule has 1 aromatic heterocycles. The first-order valence-corrected chi connectivity index (χ1v) is 7.13. The predicted molar refractivity (Wildman–Crippen MR) is 79.5 cm³/mol. The minimum Gasteiger partial charge on any atom is -0.451 e. The van der Waals surface area contributed by atoms with Crippen molar-refractivity contribution in [2.45, 2.75) is 20.3 Å². The minimum absolute atomic E-state index is 0.0153. The number of nitrogens with two attached hydrogens (primary N) is 1. The van der Waals surface area contributed by atoms with Gasteiger partial charge in [-0.25, -0.2) is 0 Å². The van der Waals surface area contributed by atoms with Gasteiger partial charge in [0.2, 0.25) is 0 Å². The number of piperidine rings is 1. The Morgan fingerprint density at radius 3 is 2.85 bits per heavy atom. The number of nitrogen functional groups attached to an aromatic ring is 1. The Bertz CT molecular complexity index is 647. The van der Waals surface area contributed by atoms with E-state index in [-0.39, 0.29) is 5.91 Å². The zero-order valence-corrected chi connectivity index (χ0v) is 11.9. The molecule has 2 aromatic rings. The van der Waals surface area contributed by atoms with E-state index in [1.165, 1.54) is 0 Å². The Hall–Kier alpha value is -1.97. The number of benzene rings is 1. The number of rotatable bonds is 1. The zero-order valence-electron chi connectivity index (χ0n) is 11.9. The van der Waals surface area contributed by atoms with Gasteiger partial charge in [-0.15, -0.1) is 0 Å². The number of anilines is 1. The van der Waals surface area contributed by atoms with Crippen molar-refractivity contribution in [3.63, 3.8) is 0 Å². The second-order valence-corrected chi connectivity index (χ2v) is 5.90. The van der Waals surface area contributed by atoms with Crippen LogP contribution in [0.4, 0.5) is 5.69 Å². The van der Waals surface area contributed by atoms with Crippen LogP contribution in [-0.4, -0.2) is 23.9 Å². The van der Waals surface area contributed by atoms with E-state index in [2.05, 4.69) is 13.8 Å². The van der Waals surface area contributed by atoms with Crippen LogP contribution in [0.3, 0.4) is 0 Å². The summed E-state index contributed by atoms with van der Waals surface area (Å²) in [6, 6.07) is 7.21. The SMILES string of the molecule is CC1CCN(C(=O)c2cc3cc(N)ccc3o2)CC1C. The smallest absolute Gasteiger partial charge is 0.289 e. The Kier molecular flexibility index (Phi) is 3.16. The van der Waals surface area contributed by atoms with Crippen molar-refractivity contribution in [3.05, 3.63) is 30.0 Å². The molecule has 4 nitrogen and oxygen atoms in total. The first-order valence-electron chi connectivity index (χ1n) is 7.13. The number of hydrogen-bond donors (Lipinski definition) is 1. The van der Waals surface area contributed by atoms with Gasteiger partial charge < -0.3 is 15.1 Å². The second-order valence-electron chi connectivity index (χ2n) is 5.90. The van der Waals surface area contributed by atoms with E-state index in [0.29, 0.717) is 28.9 Å². The molecule has 2 N–H and O–H groups in total. The highest BCUT2D eigenvalue weighted by Crippen LogP contribution is 2.26. The molecule has 1 aromatic carbocycles. The van der Waals surface area contributed by atoms with Crippen molar-refractivity contribution >= 4 is 22.6 Å². The maximum atomic E-state index is 12.5. The fraction of sp³-hybridized carbons (Fsp3) is 0.438. The third kappa shape index (κ3) is 2.26. The number of nitrogens with zero attached hydrogens (tertiary/aromatic N) is 1. The molecule has 2 atom stereocenters. The van der Waals surface area contributed by atoms with E-state index >= 15 is 0 Å². The largest absolute Gasteiger partial charge is 0.451 e. The number of furan rings is 1. The monoisotopic (exact) mass is 272 g/mol. The van der Waals surface area contributed by atoms with E-state index in [1.54, 1.807) is 12.1 Å². The first-order chi connectivity index (χ1) is 9.54. The van der Waals surface area contributed by atoms with E-state index in [4.69, 9.17) is 10.2 Å². The Labute approximate surface area is 118 Å². The van der Waals surface area contributed by atoms with Gasteiger partial charge in [-0.3, -0.25) is 4.79 Å². The lowest BCUT2D eigenvalue weighted by atomic mass is 9.88. The predicted octanol–water partition coefficient (Wildman–Crippen LogP) is 3.13. The van der Waals surface area contributed by atoms with Crippen molar-refractivity contribution in [2.24, 2.45) is 11.8 Å². The molecule has 0 saturated carbocycles. The highest BCUT2D eigenvalue weighted by atomic mass is 16.3. The van der Waals surface area contributed by atoms with Gasteiger partial charge in [0.1, 0.15) is 5.58 Å². The molecule has 0 aliphatic carbocycles. The van der Waals surface area contributed by atoms with Crippen molar-refractivity contribution in [1.82, 2.24) is 4.90 Å².